The van der Waals surface area contributed by atoms with Crippen molar-refractivity contribution in [3.63, 3.8) is 0 Å². The van der Waals surface area contributed by atoms with Gasteiger partial charge < -0.3 is 9.47 Å². The smallest absolute Gasteiger partial charge is 0.306 e. The molecule has 0 unspecified atom stereocenters. The van der Waals surface area contributed by atoms with Gasteiger partial charge in [-0.25, -0.2) is 0 Å². The zero-order valence-corrected chi connectivity index (χ0v) is 14.3. The van der Waals surface area contributed by atoms with E-state index < -0.39 is 0 Å². The Kier molecular flexibility index (Phi) is 9.76. The summed E-state index contributed by atoms with van der Waals surface area (Å²) >= 11 is 0. The number of carbonyl (C=O) groups is 2. The van der Waals surface area contributed by atoms with Crippen molar-refractivity contribution in [3.05, 3.63) is 35.4 Å². The third-order valence-corrected chi connectivity index (χ3v) is 3.51. The van der Waals surface area contributed by atoms with Crippen molar-refractivity contribution < 1.29 is 19.1 Å². The lowest BCUT2D eigenvalue weighted by Gasteiger charge is -2.06. The van der Waals surface area contributed by atoms with Crippen molar-refractivity contribution >= 4 is 11.9 Å². The Hall–Kier alpha value is -1.84. The van der Waals surface area contributed by atoms with Crippen LogP contribution in [0.4, 0.5) is 0 Å². The SMILES string of the molecule is CCCCCCOC(=O)CCCC(=O)OCc1cccc(C)c1. The molecule has 0 bridgehead atoms. The Bertz CT molecular complexity index is 482. The van der Waals surface area contributed by atoms with E-state index >= 15 is 0 Å². The van der Waals surface area contributed by atoms with E-state index in [9.17, 15) is 9.59 Å². The molecule has 0 atom stereocenters. The molecule has 0 heterocycles. The van der Waals surface area contributed by atoms with Gasteiger partial charge in [0.1, 0.15) is 6.61 Å². The molecule has 0 spiro atoms. The summed E-state index contributed by atoms with van der Waals surface area (Å²) in [5, 5.41) is 0. The molecular formula is C19H28O4. The normalized spacial score (nSPS) is 10.3. The molecule has 0 saturated heterocycles. The molecule has 128 valence electrons. The van der Waals surface area contributed by atoms with Crippen LogP contribution in [-0.4, -0.2) is 18.5 Å². The first-order valence-corrected chi connectivity index (χ1v) is 8.48. The van der Waals surface area contributed by atoms with Gasteiger partial charge in [0.15, 0.2) is 0 Å². The third-order valence-electron chi connectivity index (χ3n) is 3.51. The van der Waals surface area contributed by atoms with Crippen LogP contribution in [0.15, 0.2) is 24.3 Å². The average Bonchev–Trinajstić information content (AvgIpc) is 2.53. The first kappa shape index (κ1) is 19.2. The minimum absolute atomic E-state index is 0.229. The number of esters is 2. The van der Waals surface area contributed by atoms with E-state index in [0.717, 1.165) is 24.0 Å². The van der Waals surface area contributed by atoms with Gasteiger partial charge in [0.2, 0.25) is 0 Å². The fraction of sp³-hybridized carbons (Fsp3) is 0.579. The van der Waals surface area contributed by atoms with Crippen molar-refractivity contribution in [2.75, 3.05) is 6.61 Å². The van der Waals surface area contributed by atoms with E-state index in [2.05, 4.69) is 6.92 Å². The predicted molar refractivity (Wildman–Crippen MR) is 89.9 cm³/mol. The maximum absolute atomic E-state index is 11.6. The summed E-state index contributed by atoms with van der Waals surface area (Å²) in [6.07, 6.45) is 5.33. The molecule has 0 saturated carbocycles. The second-order valence-corrected chi connectivity index (χ2v) is 5.78. The molecule has 0 radical (unpaired) electrons. The Balaban J connectivity index is 2.06. The lowest BCUT2D eigenvalue weighted by atomic mass is 10.1. The zero-order chi connectivity index (χ0) is 16.9. The number of hydrogen-bond acceptors (Lipinski definition) is 4. The second-order valence-electron chi connectivity index (χ2n) is 5.78. The number of hydrogen-bond donors (Lipinski definition) is 0. The molecule has 0 N–H and O–H groups in total. The molecular weight excluding hydrogens is 292 g/mol. The van der Waals surface area contributed by atoms with Crippen molar-refractivity contribution in [1.82, 2.24) is 0 Å². The lowest BCUT2D eigenvalue weighted by molar-refractivity contribution is -0.146. The first-order chi connectivity index (χ1) is 11.1. The van der Waals surface area contributed by atoms with Gasteiger partial charge in [-0.05, 0) is 25.3 Å². The van der Waals surface area contributed by atoms with Gasteiger partial charge in [0.05, 0.1) is 6.61 Å². The Labute approximate surface area is 139 Å². The van der Waals surface area contributed by atoms with E-state index in [1.807, 2.05) is 31.2 Å². The monoisotopic (exact) mass is 320 g/mol. The highest BCUT2D eigenvalue weighted by molar-refractivity contribution is 5.72. The van der Waals surface area contributed by atoms with E-state index in [1.54, 1.807) is 0 Å². The minimum atomic E-state index is -0.276. The lowest BCUT2D eigenvalue weighted by Crippen LogP contribution is -2.09. The standard InChI is InChI=1S/C19H28O4/c1-3-4-5-6-13-22-18(20)11-8-12-19(21)23-15-17-10-7-9-16(2)14-17/h7,9-10,14H,3-6,8,11-13,15H2,1-2H3. The summed E-state index contributed by atoms with van der Waals surface area (Å²) in [5.74, 6) is -0.504. The van der Waals surface area contributed by atoms with Crippen LogP contribution in [0.5, 0.6) is 0 Å². The number of ether oxygens (including phenoxy) is 2. The second kappa shape index (κ2) is 11.7. The van der Waals surface area contributed by atoms with Crippen molar-refractivity contribution in [2.45, 2.75) is 65.4 Å². The van der Waals surface area contributed by atoms with Gasteiger partial charge in [-0.15, -0.1) is 0 Å². The van der Waals surface area contributed by atoms with Crippen molar-refractivity contribution in [1.29, 1.82) is 0 Å². The molecule has 0 fully saturated rings. The molecule has 4 nitrogen and oxygen atoms in total. The molecule has 0 aromatic heterocycles. The summed E-state index contributed by atoms with van der Waals surface area (Å²) in [4.78, 5) is 23.1. The first-order valence-electron chi connectivity index (χ1n) is 8.48. The highest BCUT2D eigenvalue weighted by atomic mass is 16.5. The number of unbranched alkanes of at least 4 members (excludes halogenated alkanes) is 3. The third kappa shape index (κ3) is 9.72. The van der Waals surface area contributed by atoms with Crippen LogP contribution < -0.4 is 0 Å². The molecule has 4 heteroatoms. The van der Waals surface area contributed by atoms with Gasteiger partial charge in [-0.2, -0.15) is 0 Å². The number of rotatable bonds is 11. The predicted octanol–water partition coefficient (Wildman–Crippen LogP) is 4.33. The number of aryl methyl sites for hydroxylation is 1. The Morgan fingerprint density at radius 1 is 0.957 bits per heavy atom. The summed E-state index contributed by atoms with van der Waals surface area (Å²) < 4.78 is 10.3. The minimum Gasteiger partial charge on any atom is -0.466 e. The molecule has 0 aliphatic heterocycles. The van der Waals surface area contributed by atoms with Gasteiger partial charge in [-0.3, -0.25) is 9.59 Å². The Morgan fingerprint density at radius 2 is 1.70 bits per heavy atom. The van der Waals surface area contributed by atoms with Crippen LogP contribution >= 0.6 is 0 Å². The van der Waals surface area contributed by atoms with E-state index in [-0.39, 0.29) is 31.4 Å². The van der Waals surface area contributed by atoms with Crippen LogP contribution in [0.1, 0.15) is 63.0 Å². The number of benzene rings is 1. The maximum atomic E-state index is 11.6. The summed E-state index contributed by atoms with van der Waals surface area (Å²) in [5.41, 5.74) is 2.12. The molecule has 0 aliphatic rings. The number of carbonyl (C=O) groups excluding carboxylic acids is 2. The van der Waals surface area contributed by atoms with E-state index in [1.165, 1.54) is 12.8 Å². The van der Waals surface area contributed by atoms with Crippen LogP contribution in [0.2, 0.25) is 0 Å². The maximum Gasteiger partial charge on any atom is 0.306 e. The van der Waals surface area contributed by atoms with E-state index in [4.69, 9.17) is 9.47 Å². The molecule has 1 aromatic rings. The summed E-state index contributed by atoms with van der Waals surface area (Å²) in [6.45, 7) is 4.91. The van der Waals surface area contributed by atoms with E-state index in [0.29, 0.717) is 13.0 Å². The molecule has 23 heavy (non-hydrogen) atoms. The average molecular weight is 320 g/mol. The summed E-state index contributed by atoms with van der Waals surface area (Å²) in [7, 11) is 0. The van der Waals surface area contributed by atoms with Crippen molar-refractivity contribution in [3.8, 4) is 0 Å². The fourth-order valence-corrected chi connectivity index (χ4v) is 2.20. The van der Waals surface area contributed by atoms with Crippen LogP contribution in [-0.2, 0) is 25.7 Å². The van der Waals surface area contributed by atoms with Crippen LogP contribution in [0, 0.1) is 6.92 Å². The van der Waals surface area contributed by atoms with Gasteiger partial charge in [-0.1, -0.05) is 56.0 Å². The molecule has 0 amide bonds. The molecule has 1 aromatic carbocycles. The highest BCUT2D eigenvalue weighted by Crippen LogP contribution is 2.07. The fourth-order valence-electron chi connectivity index (χ4n) is 2.20. The molecule has 0 aliphatic carbocycles. The quantitative estimate of drug-likeness (QED) is 0.450. The van der Waals surface area contributed by atoms with Crippen molar-refractivity contribution in [2.24, 2.45) is 0 Å². The van der Waals surface area contributed by atoms with Crippen LogP contribution in [0.3, 0.4) is 0 Å². The summed E-state index contributed by atoms with van der Waals surface area (Å²) in [6, 6.07) is 7.85. The largest absolute Gasteiger partial charge is 0.466 e. The van der Waals surface area contributed by atoms with Gasteiger partial charge >= 0.3 is 11.9 Å². The molecule has 1 rings (SSSR count). The van der Waals surface area contributed by atoms with Gasteiger partial charge in [0, 0.05) is 12.8 Å². The zero-order valence-electron chi connectivity index (χ0n) is 14.3. The van der Waals surface area contributed by atoms with Crippen LogP contribution in [0.25, 0.3) is 0 Å². The topological polar surface area (TPSA) is 52.6 Å². The highest BCUT2D eigenvalue weighted by Gasteiger charge is 2.07. The Morgan fingerprint density at radius 3 is 2.39 bits per heavy atom. The van der Waals surface area contributed by atoms with Gasteiger partial charge in [0.25, 0.3) is 0 Å².